The molecule has 0 spiro atoms. The molecular formula is C17H19F3N6O3. The Bertz CT molecular complexity index is 859. The number of anilines is 2. The lowest BCUT2D eigenvalue weighted by molar-refractivity contribution is -0.136. The van der Waals surface area contributed by atoms with Crippen LogP contribution in [0.3, 0.4) is 0 Å². The van der Waals surface area contributed by atoms with Gasteiger partial charge in [-0.15, -0.1) is 0 Å². The predicted octanol–water partition coefficient (Wildman–Crippen LogP) is 2.06. The lowest BCUT2D eigenvalue weighted by Crippen LogP contribution is -2.38. The third-order valence-corrected chi connectivity index (χ3v) is 4.01. The second-order valence-corrected chi connectivity index (χ2v) is 5.99. The number of carbonyl (C=O) groups excluding carboxylic acids is 1. The number of halogens is 3. The highest BCUT2D eigenvalue weighted by Crippen LogP contribution is 2.34. The van der Waals surface area contributed by atoms with E-state index in [4.69, 9.17) is 9.47 Å². The monoisotopic (exact) mass is 412 g/mol. The highest BCUT2D eigenvalue weighted by Gasteiger charge is 2.33. The lowest BCUT2D eigenvalue weighted by atomic mass is 10.1. The summed E-state index contributed by atoms with van der Waals surface area (Å²) in [6, 6.07) is 3.95. The molecule has 0 bridgehead atoms. The van der Waals surface area contributed by atoms with Crippen LogP contribution in [0.1, 0.15) is 11.4 Å². The number of methoxy groups -OCH3 is 1. The molecule has 0 radical (unpaired) electrons. The number of para-hydroxylation sites is 1. The summed E-state index contributed by atoms with van der Waals surface area (Å²) in [5, 5.41) is 4.63. The van der Waals surface area contributed by atoms with E-state index >= 15 is 0 Å². The molecule has 3 rings (SSSR count). The summed E-state index contributed by atoms with van der Waals surface area (Å²) in [7, 11) is 1.40. The number of nitrogens with one attached hydrogen (secondary N) is 2. The van der Waals surface area contributed by atoms with Crippen LogP contribution in [0.5, 0.6) is 6.01 Å². The van der Waals surface area contributed by atoms with Crippen molar-refractivity contribution in [3.05, 3.63) is 35.7 Å². The minimum Gasteiger partial charge on any atom is -0.467 e. The Balaban J connectivity index is 1.67. The number of rotatable bonds is 5. The van der Waals surface area contributed by atoms with Crippen LogP contribution < -0.4 is 20.3 Å². The Hall–Kier alpha value is -3.15. The SMILES string of the molecule is COc1nc(CNC(=O)Nc2ccccc2C(F)(F)F)nc(N2CCOCC2)n1. The third-order valence-electron chi connectivity index (χ3n) is 4.01. The fourth-order valence-electron chi connectivity index (χ4n) is 2.63. The van der Waals surface area contributed by atoms with Crippen molar-refractivity contribution in [2.45, 2.75) is 12.7 Å². The van der Waals surface area contributed by atoms with Gasteiger partial charge < -0.3 is 25.0 Å². The van der Waals surface area contributed by atoms with Crippen molar-refractivity contribution in [3.63, 3.8) is 0 Å². The molecule has 156 valence electrons. The summed E-state index contributed by atoms with van der Waals surface area (Å²) >= 11 is 0. The fraction of sp³-hybridized carbons (Fsp3) is 0.412. The van der Waals surface area contributed by atoms with Gasteiger partial charge in [0, 0.05) is 13.1 Å². The first kappa shape index (κ1) is 20.6. The van der Waals surface area contributed by atoms with E-state index in [1.54, 1.807) is 0 Å². The minimum absolute atomic E-state index is 0.0705. The van der Waals surface area contributed by atoms with E-state index in [2.05, 4.69) is 25.6 Å². The fourth-order valence-corrected chi connectivity index (χ4v) is 2.63. The first-order valence-electron chi connectivity index (χ1n) is 8.69. The summed E-state index contributed by atoms with van der Waals surface area (Å²) in [6.45, 7) is 2.12. The van der Waals surface area contributed by atoms with Crippen molar-refractivity contribution in [3.8, 4) is 6.01 Å². The zero-order chi connectivity index (χ0) is 20.9. The molecule has 1 aromatic heterocycles. The van der Waals surface area contributed by atoms with Gasteiger partial charge in [-0.3, -0.25) is 0 Å². The van der Waals surface area contributed by atoms with Gasteiger partial charge in [-0.05, 0) is 12.1 Å². The molecule has 0 aliphatic carbocycles. The molecule has 2 N–H and O–H groups in total. The zero-order valence-electron chi connectivity index (χ0n) is 15.5. The highest BCUT2D eigenvalue weighted by molar-refractivity contribution is 5.90. The Morgan fingerprint density at radius 1 is 1.21 bits per heavy atom. The Kier molecular flexibility index (Phi) is 6.32. The van der Waals surface area contributed by atoms with Crippen LogP contribution in [-0.4, -0.2) is 54.4 Å². The Morgan fingerprint density at radius 3 is 2.62 bits per heavy atom. The van der Waals surface area contributed by atoms with E-state index in [-0.39, 0.29) is 24.1 Å². The van der Waals surface area contributed by atoms with Gasteiger partial charge in [0.2, 0.25) is 5.95 Å². The molecule has 0 unspecified atom stereocenters. The molecular weight excluding hydrogens is 393 g/mol. The van der Waals surface area contributed by atoms with E-state index < -0.39 is 17.8 Å². The number of aromatic nitrogens is 3. The van der Waals surface area contributed by atoms with Crippen LogP contribution in [-0.2, 0) is 17.5 Å². The summed E-state index contributed by atoms with van der Waals surface area (Å²) in [6.07, 6.45) is -4.58. The molecule has 12 heteroatoms. The van der Waals surface area contributed by atoms with E-state index in [0.717, 1.165) is 6.07 Å². The van der Waals surface area contributed by atoms with Gasteiger partial charge >= 0.3 is 18.2 Å². The van der Waals surface area contributed by atoms with Crippen molar-refractivity contribution in [2.75, 3.05) is 43.6 Å². The molecule has 29 heavy (non-hydrogen) atoms. The molecule has 0 saturated carbocycles. The Labute approximate surface area is 164 Å². The number of hydrogen-bond acceptors (Lipinski definition) is 7. The average molecular weight is 412 g/mol. The van der Waals surface area contributed by atoms with Crippen LogP contribution in [0.4, 0.5) is 29.6 Å². The van der Waals surface area contributed by atoms with E-state index in [1.807, 2.05) is 4.90 Å². The molecule has 1 aliphatic rings. The van der Waals surface area contributed by atoms with E-state index in [0.29, 0.717) is 32.3 Å². The largest absolute Gasteiger partial charge is 0.467 e. The van der Waals surface area contributed by atoms with Crippen molar-refractivity contribution >= 4 is 17.7 Å². The van der Waals surface area contributed by atoms with Gasteiger partial charge in [-0.2, -0.15) is 28.1 Å². The number of amides is 2. The quantitative estimate of drug-likeness (QED) is 0.775. The molecule has 2 amide bonds. The second-order valence-electron chi connectivity index (χ2n) is 5.99. The van der Waals surface area contributed by atoms with Crippen LogP contribution >= 0.6 is 0 Å². The number of hydrogen-bond donors (Lipinski definition) is 2. The number of ether oxygens (including phenoxy) is 2. The number of urea groups is 1. The van der Waals surface area contributed by atoms with Crippen molar-refractivity contribution < 1.29 is 27.4 Å². The first-order chi connectivity index (χ1) is 13.9. The molecule has 1 aromatic carbocycles. The molecule has 0 atom stereocenters. The minimum atomic E-state index is -4.58. The van der Waals surface area contributed by atoms with Gasteiger partial charge in [0.1, 0.15) is 0 Å². The molecule has 2 aromatic rings. The smallest absolute Gasteiger partial charge is 0.418 e. The van der Waals surface area contributed by atoms with Gasteiger partial charge in [0.15, 0.2) is 5.82 Å². The standard InChI is InChI=1S/C17H19F3N6O3/c1-28-16-24-13(23-14(25-16)26-6-8-29-9-7-26)10-21-15(27)22-12-5-3-2-4-11(12)17(18,19)20/h2-5H,6-10H2,1H3,(H2,21,22,27). The topological polar surface area (TPSA) is 102 Å². The predicted molar refractivity (Wildman–Crippen MR) is 96.7 cm³/mol. The van der Waals surface area contributed by atoms with Crippen LogP contribution in [0.2, 0.25) is 0 Å². The van der Waals surface area contributed by atoms with Gasteiger partial charge in [-0.1, -0.05) is 12.1 Å². The lowest BCUT2D eigenvalue weighted by Gasteiger charge is -2.26. The molecule has 1 aliphatic heterocycles. The number of morpholine rings is 1. The molecule has 2 heterocycles. The van der Waals surface area contributed by atoms with E-state index in [1.165, 1.54) is 25.3 Å². The maximum absolute atomic E-state index is 13.0. The van der Waals surface area contributed by atoms with Gasteiger partial charge in [0.05, 0.1) is 38.1 Å². The first-order valence-corrected chi connectivity index (χ1v) is 8.69. The molecule has 1 fully saturated rings. The van der Waals surface area contributed by atoms with Gasteiger partial charge in [0.25, 0.3) is 0 Å². The van der Waals surface area contributed by atoms with Crippen LogP contribution in [0.25, 0.3) is 0 Å². The van der Waals surface area contributed by atoms with Crippen molar-refractivity contribution in [2.24, 2.45) is 0 Å². The molecule has 1 saturated heterocycles. The summed E-state index contributed by atoms with van der Waals surface area (Å²) in [5.74, 6) is 0.581. The average Bonchev–Trinajstić information content (AvgIpc) is 2.72. The Morgan fingerprint density at radius 2 is 1.93 bits per heavy atom. The van der Waals surface area contributed by atoms with Gasteiger partial charge in [-0.25, -0.2) is 4.79 Å². The van der Waals surface area contributed by atoms with E-state index in [9.17, 15) is 18.0 Å². The number of benzene rings is 1. The van der Waals surface area contributed by atoms with Crippen LogP contribution in [0, 0.1) is 0 Å². The van der Waals surface area contributed by atoms with Crippen molar-refractivity contribution in [1.29, 1.82) is 0 Å². The number of alkyl halides is 3. The number of carbonyl (C=O) groups is 1. The van der Waals surface area contributed by atoms with Crippen molar-refractivity contribution in [1.82, 2.24) is 20.3 Å². The summed E-state index contributed by atoms with van der Waals surface area (Å²) in [5.41, 5.74) is -1.29. The summed E-state index contributed by atoms with van der Waals surface area (Å²) in [4.78, 5) is 26.5. The maximum Gasteiger partial charge on any atom is 0.418 e. The highest BCUT2D eigenvalue weighted by atomic mass is 19.4. The third kappa shape index (κ3) is 5.44. The number of nitrogens with zero attached hydrogens (tertiary/aromatic N) is 4. The maximum atomic E-state index is 13.0. The van der Waals surface area contributed by atoms with Crippen LogP contribution in [0.15, 0.2) is 24.3 Å². The normalized spacial score (nSPS) is 14.4. The second kappa shape index (κ2) is 8.90. The summed E-state index contributed by atoms with van der Waals surface area (Å²) < 4.78 is 49.4. The molecule has 9 nitrogen and oxygen atoms in total. The zero-order valence-corrected chi connectivity index (χ0v) is 15.5.